The van der Waals surface area contributed by atoms with Gasteiger partial charge in [-0.15, -0.1) is 0 Å². The summed E-state index contributed by atoms with van der Waals surface area (Å²) in [4.78, 5) is 37.7. The highest BCUT2D eigenvalue weighted by atomic mass is 16.5. The summed E-state index contributed by atoms with van der Waals surface area (Å²) in [5.74, 6) is 0.176. The van der Waals surface area contributed by atoms with Crippen molar-refractivity contribution in [1.29, 1.82) is 5.26 Å². The van der Waals surface area contributed by atoms with Crippen LogP contribution >= 0.6 is 0 Å². The maximum Gasteiger partial charge on any atom is 0.249 e. The fourth-order valence-corrected chi connectivity index (χ4v) is 6.03. The van der Waals surface area contributed by atoms with Gasteiger partial charge < -0.3 is 15.0 Å². The van der Waals surface area contributed by atoms with Gasteiger partial charge in [-0.1, -0.05) is 72.8 Å². The molecule has 6 rings (SSSR count). The number of carbonyl (C=O) groups excluding carboxylic acids is 2. The number of aromatic nitrogens is 2. The van der Waals surface area contributed by atoms with Crippen molar-refractivity contribution >= 4 is 22.7 Å². The minimum atomic E-state index is -0.799. The first-order valence-electron chi connectivity index (χ1n) is 15.6. The van der Waals surface area contributed by atoms with Crippen molar-refractivity contribution in [1.82, 2.24) is 20.2 Å². The number of hydrogen-bond donors (Lipinski definition) is 1. The third-order valence-corrected chi connectivity index (χ3v) is 8.52. The number of piperidine rings is 1. The van der Waals surface area contributed by atoms with E-state index in [0.717, 1.165) is 33.3 Å². The Morgan fingerprint density at radius 3 is 2.37 bits per heavy atom. The zero-order valence-electron chi connectivity index (χ0n) is 25.5. The molecule has 8 nitrogen and oxygen atoms in total. The number of ether oxygens (including phenoxy) is 1. The van der Waals surface area contributed by atoms with Gasteiger partial charge in [0.15, 0.2) is 0 Å². The molecule has 46 heavy (non-hydrogen) atoms. The van der Waals surface area contributed by atoms with Crippen molar-refractivity contribution in [2.24, 2.45) is 5.92 Å². The molecule has 230 valence electrons. The van der Waals surface area contributed by atoms with Crippen LogP contribution < -0.4 is 10.1 Å². The lowest BCUT2D eigenvalue weighted by atomic mass is 9.81. The van der Waals surface area contributed by atoms with Crippen LogP contribution in [-0.4, -0.2) is 39.8 Å². The Kier molecular flexibility index (Phi) is 9.60. The van der Waals surface area contributed by atoms with Gasteiger partial charge in [0.05, 0.1) is 29.6 Å². The highest BCUT2D eigenvalue weighted by Crippen LogP contribution is 2.33. The number of amides is 2. The van der Waals surface area contributed by atoms with Crippen molar-refractivity contribution in [3.63, 3.8) is 0 Å². The van der Waals surface area contributed by atoms with E-state index >= 15 is 0 Å². The number of rotatable bonds is 10. The zero-order valence-corrected chi connectivity index (χ0v) is 25.5. The van der Waals surface area contributed by atoms with Crippen LogP contribution in [0.1, 0.15) is 47.2 Å². The van der Waals surface area contributed by atoms with Gasteiger partial charge in [0.25, 0.3) is 0 Å². The number of nitriles is 1. The van der Waals surface area contributed by atoms with Gasteiger partial charge in [-0.25, -0.2) is 4.98 Å². The normalized spacial score (nSPS) is 14.6. The van der Waals surface area contributed by atoms with E-state index in [-0.39, 0.29) is 30.1 Å². The van der Waals surface area contributed by atoms with Crippen LogP contribution in [-0.2, 0) is 22.6 Å². The van der Waals surface area contributed by atoms with Crippen LogP contribution in [0.5, 0.6) is 5.75 Å². The Balaban J connectivity index is 1.05. The third kappa shape index (κ3) is 7.39. The van der Waals surface area contributed by atoms with E-state index in [4.69, 9.17) is 4.74 Å². The van der Waals surface area contributed by atoms with Gasteiger partial charge in [-0.3, -0.25) is 14.6 Å². The van der Waals surface area contributed by atoms with E-state index in [0.29, 0.717) is 38.3 Å². The zero-order chi connectivity index (χ0) is 31.7. The van der Waals surface area contributed by atoms with Gasteiger partial charge >= 0.3 is 0 Å². The Bertz CT molecular complexity index is 1820. The summed E-state index contributed by atoms with van der Waals surface area (Å²) in [5, 5.41) is 13.9. The number of pyridine rings is 2. The number of para-hydroxylation sites is 1. The molecule has 1 aliphatic rings. The Hall–Kier alpha value is -5.55. The van der Waals surface area contributed by atoms with Gasteiger partial charge in [-0.2, -0.15) is 5.26 Å². The van der Waals surface area contributed by atoms with Crippen molar-refractivity contribution in [2.75, 3.05) is 13.1 Å². The van der Waals surface area contributed by atoms with Gasteiger partial charge in [0.2, 0.25) is 11.8 Å². The molecule has 3 aromatic carbocycles. The molecule has 2 aromatic heterocycles. The maximum absolute atomic E-state index is 13.8. The number of nitrogens with one attached hydrogen (secondary N) is 1. The van der Waals surface area contributed by atoms with E-state index in [9.17, 15) is 14.9 Å². The fraction of sp³-hybridized carbons (Fsp3) is 0.237. The first kappa shape index (κ1) is 30.5. The topological polar surface area (TPSA) is 108 Å². The number of fused-ring (bicyclic) bond motifs is 1. The second-order valence-corrected chi connectivity index (χ2v) is 11.6. The summed E-state index contributed by atoms with van der Waals surface area (Å²) in [5.41, 5.74) is 4.22. The smallest absolute Gasteiger partial charge is 0.249 e. The summed E-state index contributed by atoms with van der Waals surface area (Å²) in [6.07, 6.45) is 4.99. The second-order valence-electron chi connectivity index (χ2n) is 11.6. The molecule has 0 bridgehead atoms. The monoisotopic (exact) mass is 609 g/mol. The van der Waals surface area contributed by atoms with Gasteiger partial charge in [0, 0.05) is 30.9 Å². The van der Waals surface area contributed by atoms with Gasteiger partial charge in [-0.05, 0) is 65.8 Å². The van der Waals surface area contributed by atoms with E-state index in [1.54, 1.807) is 12.4 Å². The van der Waals surface area contributed by atoms with Crippen molar-refractivity contribution in [3.05, 3.63) is 138 Å². The molecule has 1 fully saturated rings. The minimum Gasteiger partial charge on any atom is -0.487 e. The lowest BCUT2D eigenvalue weighted by molar-refractivity contribution is -0.137. The molecule has 0 saturated carbocycles. The van der Waals surface area contributed by atoms with Gasteiger partial charge in [0.1, 0.15) is 18.4 Å². The first-order chi connectivity index (χ1) is 22.6. The van der Waals surface area contributed by atoms with Crippen LogP contribution in [0.2, 0.25) is 0 Å². The minimum absolute atomic E-state index is 0.125. The van der Waals surface area contributed by atoms with Crippen molar-refractivity contribution < 1.29 is 14.3 Å². The number of nitrogens with zero attached hydrogens (tertiary/aromatic N) is 4. The van der Waals surface area contributed by atoms with Crippen LogP contribution in [0.3, 0.4) is 0 Å². The second kappa shape index (κ2) is 14.5. The molecule has 5 aromatic rings. The number of carbonyl (C=O) groups is 2. The largest absolute Gasteiger partial charge is 0.487 e. The molecule has 0 spiro atoms. The molecule has 1 saturated heterocycles. The van der Waals surface area contributed by atoms with Crippen molar-refractivity contribution in [3.8, 4) is 11.8 Å². The molecule has 0 radical (unpaired) electrons. The number of likely N-dealkylation sites (tertiary alicyclic amines) is 1. The van der Waals surface area contributed by atoms with Crippen LogP contribution in [0.25, 0.3) is 10.9 Å². The van der Waals surface area contributed by atoms with E-state index in [1.807, 2.05) is 108 Å². The third-order valence-electron chi connectivity index (χ3n) is 8.52. The highest BCUT2D eigenvalue weighted by Gasteiger charge is 2.33. The molecule has 2 amide bonds. The number of hydrogen-bond acceptors (Lipinski definition) is 6. The molecule has 8 heteroatoms. The molecule has 2 unspecified atom stereocenters. The predicted octanol–water partition coefficient (Wildman–Crippen LogP) is 6.15. The van der Waals surface area contributed by atoms with E-state index < -0.39 is 6.04 Å². The molecular weight excluding hydrogens is 574 g/mol. The average molecular weight is 610 g/mol. The van der Waals surface area contributed by atoms with E-state index in [1.165, 1.54) is 0 Å². The summed E-state index contributed by atoms with van der Waals surface area (Å²) < 4.78 is 5.94. The van der Waals surface area contributed by atoms with Crippen LogP contribution in [0, 0.1) is 17.2 Å². The lowest BCUT2D eigenvalue weighted by Crippen LogP contribution is -2.46. The Morgan fingerprint density at radius 2 is 1.63 bits per heavy atom. The average Bonchev–Trinajstić information content (AvgIpc) is 3.11. The summed E-state index contributed by atoms with van der Waals surface area (Å²) in [6, 6.07) is 34.1. The molecule has 3 heterocycles. The number of benzene rings is 3. The standard InChI is InChI=1S/C38H35N5O3/c39-24-34(31-10-6-20-40-25-31)28-18-21-43(22-19-28)38(45)37(30-8-2-1-3-9-30)42-36(44)23-27-12-16-33(17-13-27)46-26-32-15-14-29-7-4-5-11-35(29)41-32/h1-17,20,25,28,34,37H,18-19,21-23,26H2,(H,42,44). The van der Waals surface area contributed by atoms with E-state index in [2.05, 4.69) is 21.4 Å². The molecule has 1 aliphatic heterocycles. The SMILES string of the molecule is N#CC(c1cccnc1)C1CCN(C(=O)C(NC(=O)Cc2ccc(OCc3ccc4ccccc4n3)cc2)c2ccccc2)CC1. The predicted molar refractivity (Wildman–Crippen MR) is 175 cm³/mol. The molecule has 1 N–H and O–H groups in total. The first-order valence-corrected chi connectivity index (χ1v) is 15.6. The highest BCUT2D eigenvalue weighted by molar-refractivity contribution is 5.89. The quantitative estimate of drug-likeness (QED) is 0.203. The maximum atomic E-state index is 13.8. The summed E-state index contributed by atoms with van der Waals surface area (Å²) >= 11 is 0. The van der Waals surface area contributed by atoms with Crippen LogP contribution in [0.15, 0.2) is 116 Å². The Labute approximate surface area is 268 Å². The molecular formula is C38H35N5O3. The Morgan fingerprint density at radius 1 is 0.891 bits per heavy atom. The molecule has 2 atom stereocenters. The fourth-order valence-electron chi connectivity index (χ4n) is 6.03. The summed E-state index contributed by atoms with van der Waals surface area (Å²) in [7, 11) is 0. The summed E-state index contributed by atoms with van der Waals surface area (Å²) in [6.45, 7) is 1.39. The van der Waals surface area contributed by atoms with Crippen molar-refractivity contribution in [2.45, 2.75) is 37.8 Å². The lowest BCUT2D eigenvalue weighted by Gasteiger charge is -2.36. The van der Waals surface area contributed by atoms with Crippen LogP contribution in [0.4, 0.5) is 0 Å². The molecule has 0 aliphatic carbocycles.